The van der Waals surface area contributed by atoms with Gasteiger partial charge in [-0.25, -0.2) is 4.98 Å². The Labute approximate surface area is 165 Å². The number of fused-ring (bicyclic) bond motifs is 1. The molecule has 0 saturated carbocycles. The number of ether oxygens (including phenoxy) is 1. The highest BCUT2D eigenvalue weighted by atomic mass is 16.5. The third-order valence-electron chi connectivity index (χ3n) is 5.58. The number of aliphatic hydroxyl groups is 1. The number of allylic oxidation sites excluding steroid dienone is 1. The Bertz CT molecular complexity index is 907. The van der Waals surface area contributed by atoms with Crippen molar-refractivity contribution in [2.24, 2.45) is 11.7 Å². The van der Waals surface area contributed by atoms with Gasteiger partial charge in [0.25, 0.3) is 0 Å². The number of hydrogen-bond donors (Lipinski definition) is 3. The molecule has 7 heteroatoms. The summed E-state index contributed by atoms with van der Waals surface area (Å²) in [4.78, 5) is 11.5. The first kappa shape index (κ1) is 20.2. The molecule has 2 atom stereocenters. The number of nitrogens with one attached hydrogen (secondary N) is 1. The second-order valence-corrected chi connectivity index (χ2v) is 7.79. The van der Waals surface area contributed by atoms with Crippen molar-refractivity contribution in [1.82, 2.24) is 9.97 Å². The van der Waals surface area contributed by atoms with E-state index in [0.29, 0.717) is 30.1 Å². The lowest BCUT2D eigenvalue weighted by Crippen LogP contribution is -2.44. The van der Waals surface area contributed by atoms with Gasteiger partial charge in [0.15, 0.2) is 0 Å². The van der Waals surface area contributed by atoms with Crippen LogP contribution in [0.1, 0.15) is 39.0 Å². The fourth-order valence-electron chi connectivity index (χ4n) is 3.46. The van der Waals surface area contributed by atoms with Gasteiger partial charge in [0, 0.05) is 24.3 Å². The zero-order chi connectivity index (χ0) is 20.5. The zero-order valence-electron chi connectivity index (χ0n) is 16.9. The summed E-state index contributed by atoms with van der Waals surface area (Å²) in [5.41, 5.74) is 7.42. The first-order valence-corrected chi connectivity index (χ1v) is 9.61. The maximum absolute atomic E-state index is 11.3. The van der Waals surface area contributed by atoms with Gasteiger partial charge in [0.2, 0.25) is 0 Å². The molecule has 4 N–H and O–H groups in total. The molecule has 0 radical (unpaired) electrons. The Morgan fingerprint density at radius 3 is 2.89 bits per heavy atom. The first-order valence-electron chi connectivity index (χ1n) is 9.61. The molecular formula is C21H29N5O2. The lowest BCUT2D eigenvalue weighted by Gasteiger charge is -2.36. The van der Waals surface area contributed by atoms with Crippen molar-refractivity contribution in [2.45, 2.75) is 39.3 Å². The molecule has 3 heterocycles. The zero-order valence-corrected chi connectivity index (χ0v) is 16.9. The molecule has 0 spiro atoms. The van der Waals surface area contributed by atoms with Crippen LogP contribution in [-0.4, -0.2) is 47.1 Å². The van der Waals surface area contributed by atoms with Crippen LogP contribution in [-0.2, 0) is 10.3 Å². The molecular weight excluding hydrogens is 354 g/mol. The van der Waals surface area contributed by atoms with Crippen LogP contribution < -0.4 is 10.6 Å². The number of aromatic nitrogens is 2. The Kier molecular flexibility index (Phi) is 5.67. The molecule has 2 aromatic rings. The van der Waals surface area contributed by atoms with Gasteiger partial charge in [-0.05, 0) is 43.5 Å². The SMILES string of the molecule is CC1COCCN1c1cc(C(C)(O)C(C)C)c2ccnc(C(N)=CC=N)c2n1. The summed E-state index contributed by atoms with van der Waals surface area (Å²) in [5, 5.41) is 19.4. The summed E-state index contributed by atoms with van der Waals surface area (Å²) in [5.74, 6) is 0.773. The molecule has 0 aliphatic carbocycles. The summed E-state index contributed by atoms with van der Waals surface area (Å²) in [6.07, 6.45) is 4.30. The van der Waals surface area contributed by atoms with Crippen LogP contribution in [0.3, 0.4) is 0 Å². The molecule has 1 fully saturated rings. The molecule has 0 aromatic carbocycles. The monoisotopic (exact) mass is 383 g/mol. The highest BCUT2D eigenvalue weighted by molar-refractivity contribution is 5.94. The van der Waals surface area contributed by atoms with E-state index >= 15 is 0 Å². The van der Waals surface area contributed by atoms with E-state index in [4.69, 9.17) is 20.9 Å². The third-order valence-corrected chi connectivity index (χ3v) is 5.58. The van der Waals surface area contributed by atoms with E-state index in [1.54, 1.807) is 6.20 Å². The van der Waals surface area contributed by atoms with Crippen molar-refractivity contribution in [3.05, 3.63) is 35.7 Å². The van der Waals surface area contributed by atoms with E-state index in [1.165, 1.54) is 6.08 Å². The predicted octanol–water partition coefficient (Wildman–Crippen LogP) is 2.67. The molecule has 7 nitrogen and oxygen atoms in total. The third kappa shape index (κ3) is 3.59. The topological polar surface area (TPSA) is 108 Å². The fourth-order valence-corrected chi connectivity index (χ4v) is 3.46. The molecule has 1 aliphatic rings. The number of pyridine rings is 2. The van der Waals surface area contributed by atoms with Crippen molar-refractivity contribution in [3.63, 3.8) is 0 Å². The van der Waals surface area contributed by atoms with E-state index < -0.39 is 5.60 Å². The van der Waals surface area contributed by atoms with Crippen LogP contribution >= 0.6 is 0 Å². The van der Waals surface area contributed by atoms with Crippen molar-refractivity contribution in [3.8, 4) is 0 Å². The van der Waals surface area contributed by atoms with Crippen LogP contribution in [0.15, 0.2) is 24.4 Å². The predicted molar refractivity (Wildman–Crippen MR) is 113 cm³/mol. The van der Waals surface area contributed by atoms with Gasteiger partial charge in [0.05, 0.1) is 30.6 Å². The van der Waals surface area contributed by atoms with Gasteiger partial charge in [0.1, 0.15) is 17.0 Å². The fraction of sp³-hybridized carbons (Fsp3) is 0.476. The number of nitrogens with zero attached hydrogens (tertiary/aromatic N) is 3. The van der Waals surface area contributed by atoms with Crippen LogP contribution in [0, 0.1) is 11.3 Å². The van der Waals surface area contributed by atoms with E-state index in [9.17, 15) is 5.11 Å². The molecule has 0 amide bonds. The smallest absolute Gasteiger partial charge is 0.130 e. The number of anilines is 1. The quantitative estimate of drug-likeness (QED) is 0.685. The van der Waals surface area contributed by atoms with Gasteiger partial charge in [-0.15, -0.1) is 0 Å². The second-order valence-electron chi connectivity index (χ2n) is 7.79. The second kappa shape index (κ2) is 7.85. The molecule has 2 unspecified atom stereocenters. The van der Waals surface area contributed by atoms with E-state index in [2.05, 4.69) is 16.8 Å². The Balaban J connectivity index is 2.32. The molecule has 28 heavy (non-hydrogen) atoms. The number of nitrogens with two attached hydrogens (primary N) is 1. The van der Waals surface area contributed by atoms with Crippen molar-refractivity contribution in [1.29, 1.82) is 5.41 Å². The minimum atomic E-state index is -1.05. The van der Waals surface area contributed by atoms with Crippen molar-refractivity contribution < 1.29 is 9.84 Å². The molecule has 0 bridgehead atoms. The molecule has 1 saturated heterocycles. The van der Waals surface area contributed by atoms with Gasteiger partial charge in [-0.3, -0.25) is 4.98 Å². The van der Waals surface area contributed by atoms with Gasteiger partial charge in [-0.1, -0.05) is 13.8 Å². The lowest BCUT2D eigenvalue weighted by atomic mass is 9.83. The highest BCUT2D eigenvalue weighted by Crippen LogP contribution is 2.37. The Morgan fingerprint density at radius 1 is 1.50 bits per heavy atom. The summed E-state index contributed by atoms with van der Waals surface area (Å²) < 4.78 is 5.57. The lowest BCUT2D eigenvalue weighted by molar-refractivity contribution is 0.0104. The van der Waals surface area contributed by atoms with Crippen LogP contribution in [0.2, 0.25) is 0 Å². The molecule has 1 aliphatic heterocycles. The number of rotatable bonds is 5. The van der Waals surface area contributed by atoms with Gasteiger partial charge < -0.3 is 25.9 Å². The molecule has 3 rings (SSSR count). The summed E-state index contributed by atoms with van der Waals surface area (Å²) in [6.45, 7) is 9.91. The Hall–Kier alpha value is -2.51. The summed E-state index contributed by atoms with van der Waals surface area (Å²) >= 11 is 0. The molecule has 150 valence electrons. The summed E-state index contributed by atoms with van der Waals surface area (Å²) in [7, 11) is 0. The number of hydrogen-bond acceptors (Lipinski definition) is 7. The first-order chi connectivity index (χ1) is 13.3. The minimum absolute atomic E-state index is 0.000794. The largest absolute Gasteiger partial charge is 0.397 e. The van der Waals surface area contributed by atoms with Gasteiger partial charge in [-0.2, -0.15) is 0 Å². The summed E-state index contributed by atoms with van der Waals surface area (Å²) in [6, 6.07) is 4.01. The maximum Gasteiger partial charge on any atom is 0.130 e. The average Bonchev–Trinajstić information content (AvgIpc) is 2.67. The van der Waals surface area contributed by atoms with E-state index in [1.807, 2.05) is 32.9 Å². The van der Waals surface area contributed by atoms with Crippen LogP contribution in [0.4, 0.5) is 5.82 Å². The van der Waals surface area contributed by atoms with Gasteiger partial charge >= 0.3 is 0 Å². The normalized spacial score (nSPS) is 20.4. The molecule has 2 aromatic heterocycles. The Morgan fingerprint density at radius 2 is 2.25 bits per heavy atom. The van der Waals surface area contributed by atoms with E-state index in [0.717, 1.165) is 29.5 Å². The van der Waals surface area contributed by atoms with Crippen LogP contribution in [0.5, 0.6) is 0 Å². The number of morpholine rings is 1. The maximum atomic E-state index is 11.3. The van der Waals surface area contributed by atoms with E-state index in [-0.39, 0.29) is 12.0 Å². The van der Waals surface area contributed by atoms with Crippen LogP contribution in [0.25, 0.3) is 16.6 Å². The van der Waals surface area contributed by atoms with Crippen molar-refractivity contribution in [2.75, 3.05) is 24.7 Å². The van der Waals surface area contributed by atoms with Crippen molar-refractivity contribution >= 4 is 28.6 Å². The standard InChI is InChI=1S/C21H29N5O2/c1-13(2)21(4,27)16-11-18(26-9-10-28-12-14(26)3)25-19-15(16)6-8-24-20(19)17(23)5-7-22/h5-8,11,13-14,22,27H,9-10,12,23H2,1-4H3. The average molecular weight is 383 g/mol. The highest BCUT2D eigenvalue weighted by Gasteiger charge is 2.32. The minimum Gasteiger partial charge on any atom is -0.397 e.